The zero-order chi connectivity index (χ0) is 21.4. The van der Waals surface area contributed by atoms with E-state index in [1.54, 1.807) is 25.1 Å². The van der Waals surface area contributed by atoms with E-state index in [9.17, 15) is 9.59 Å². The molecule has 0 aliphatic carbocycles. The van der Waals surface area contributed by atoms with Crippen LogP contribution in [0.3, 0.4) is 0 Å². The highest BCUT2D eigenvalue weighted by atomic mass is 35.5. The zero-order valence-electron chi connectivity index (χ0n) is 16.9. The fourth-order valence-corrected chi connectivity index (χ4v) is 3.26. The SMILES string of the molecule is CCNC(=O)[C@@H](C)N(Cc1ccc(Cl)cc1Cl)C(=O)COc1ccc(CC)cc1. The van der Waals surface area contributed by atoms with Gasteiger partial charge in [0.1, 0.15) is 11.8 Å². The molecule has 1 atom stereocenters. The van der Waals surface area contributed by atoms with Gasteiger partial charge in [-0.05, 0) is 55.7 Å². The van der Waals surface area contributed by atoms with Gasteiger partial charge in [-0.25, -0.2) is 0 Å². The van der Waals surface area contributed by atoms with E-state index in [1.807, 2.05) is 31.2 Å². The number of rotatable bonds is 9. The minimum Gasteiger partial charge on any atom is -0.484 e. The van der Waals surface area contributed by atoms with E-state index in [4.69, 9.17) is 27.9 Å². The maximum absolute atomic E-state index is 12.9. The fraction of sp³-hybridized carbons (Fsp3) is 0.364. The average molecular weight is 437 g/mol. The number of likely N-dealkylation sites (N-methyl/N-ethyl adjacent to an activating group) is 1. The summed E-state index contributed by atoms with van der Waals surface area (Å²) in [6, 6.07) is 12.0. The third-order valence-corrected chi connectivity index (χ3v) is 5.15. The minimum absolute atomic E-state index is 0.172. The van der Waals surface area contributed by atoms with Crippen molar-refractivity contribution >= 4 is 35.0 Å². The minimum atomic E-state index is -0.680. The molecule has 1 N–H and O–H groups in total. The molecule has 2 aromatic carbocycles. The van der Waals surface area contributed by atoms with Crippen molar-refractivity contribution in [3.63, 3.8) is 0 Å². The first-order valence-electron chi connectivity index (χ1n) is 9.58. The van der Waals surface area contributed by atoms with E-state index in [2.05, 4.69) is 12.2 Å². The van der Waals surface area contributed by atoms with E-state index in [1.165, 1.54) is 10.5 Å². The second-order valence-corrected chi connectivity index (χ2v) is 7.46. The molecule has 156 valence electrons. The molecule has 0 spiro atoms. The van der Waals surface area contributed by atoms with Gasteiger partial charge in [0.05, 0.1) is 0 Å². The monoisotopic (exact) mass is 436 g/mol. The molecule has 0 unspecified atom stereocenters. The summed E-state index contributed by atoms with van der Waals surface area (Å²) in [4.78, 5) is 26.7. The van der Waals surface area contributed by atoms with Crippen LogP contribution >= 0.6 is 23.2 Å². The van der Waals surface area contributed by atoms with Gasteiger partial charge in [0, 0.05) is 23.1 Å². The second-order valence-electron chi connectivity index (χ2n) is 6.61. The van der Waals surface area contributed by atoms with Gasteiger partial charge < -0.3 is 15.0 Å². The lowest BCUT2D eigenvalue weighted by Gasteiger charge is -2.29. The Hall–Kier alpha value is -2.24. The van der Waals surface area contributed by atoms with Gasteiger partial charge >= 0.3 is 0 Å². The van der Waals surface area contributed by atoms with Gasteiger partial charge in [-0.15, -0.1) is 0 Å². The summed E-state index contributed by atoms with van der Waals surface area (Å²) in [5.41, 5.74) is 1.89. The lowest BCUT2D eigenvalue weighted by Crippen LogP contribution is -2.49. The van der Waals surface area contributed by atoms with Crippen molar-refractivity contribution in [2.75, 3.05) is 13.2 Å². The molecule has 0 aromatic heterocycles. The average Bonchev–Trinajstić information content (AvgIpc) is 2.71. The number of nitrogens with one attached hydrogen (secondary N) is 1. The Morgan fingerprint density at radius 2 is 1.79 bits per heavy atom. The van der Waals surface area contributed by atoms with Gasteiger partial charge in [-0.1, -0.05) is 48.3 Å². The third kappa shape index (κ3) is 6.65. The molecule has 0 fully saturated rings. The first-order chi connectivity index (χ1) is 13.8. The summed E-state index contributed by atoms with van der Waals surface area (Å²) in [6.07, 6.45) is 0.929. The van der Waals surface area contributed by atoms with Crippen LogP contribution in [0.5, 0.6) is 5.75 Å². The molecule has 7 heteroatoms. The standard InChI is InChI=1S/C22H26Cl2N2O3/c1-4-16-6-10-19(11-7-16)29-14-21(27)26(15(3)22(28)25-5-2)13-17-8-9-18(23)12-20(17)24/h6-12,15H,4-5,13-14H2,1-3H3,(H,25,28)/t15-/m1/s1. The Labute approximate surface area is 181 Å². The number of carbonyl (C=O) groups excluding carboxylic acids is 2. The molecular weight excluding hydrogens is 411 g/mol. The van der Waals surface area contributed by atoms with Gasteiger partial charge in [-0.3, -0.25) is 9.59 Å². The van der Waals surface area contributed by atoms with E-state index in [-0.39, 0.29) is 25.0 Å². The second kappa shape index (κ2) is 11.1. The van der Waals surface area contributed by atoms with Crippen molar-refractivity contribution in [3.8, 4) is 5.75 Å². The van der Waals surface area contributed by atoms with Gasteiger partial charge in [0.2, 0.25) is 5.91 Å². The summed E-state index contributed by atoms with van der Waals surface area (Å²) >= 11 is 12.2. The van der Waals surface area contributed by atoms with Crippen molar-refractivity contribution < 1.29 is 14.3 Å². The Bertz CT molecular complexity index is 840. The van der Waals surface area contributed by atoms with Crippen LogP contribution in [0, 0.1) is 0 Å². The molecule has 29 heavy (non-hydrogen) atoms. The lowest BCUT2D eigenvalue weighted by atomic mass is 10.1. The number of hydrogen-bond acceptors (Lipinski definition) is 3. The molecule has 0 saturated carbocycles. The predicted octanol–water partition coefficient (Wildman–Crippen LogP) is 4.49. The van der Waals surface area contributed by atoms with Crippen LogP contribution in [0.4, 0.5) is 0 Å². The highest BCUT2D eigenvalue weighted by molar-refractivity contribution is 6.35. The van der Waals surface area contributed by atoms with Crippen molar-refractivity contribution in [3.05, 3.63) is 63.6 Å². The molecule has 2 aromatic rings. The maximum Gasteiger partial charge on any atom is 0.261 e. The van der Waals surface area contributed by atoms with E-state index in [0.29, 0.717) is 27.9 Å². The zero-order valence-corrected chi connectivity index (χ0v) is 18.4. The highest BCUT2D eigenvalue weighted by Gasteiger charge is 2.26. The molecule has 0 bridgehead atoms. The maximum atomic E-state index is 12.9. The van der Waals surface area contributed by atoms with Crippen LogP contribution in [0.25, 0.3) is 0 Å². The Morgan fingerprint density at radius 1 is 1.10 bits per heavy atom. The van der Waals surface area contributed by atoms with Crippen molar-refractivity contribution in [1.29, 1.82) is 0 Å². The van der Waals surface area contributed by atoms with Crippen molar-refractivity contribution in [1.82, 2.24) is 10.2 Å². The summed E-state index contributed by atoms with van der Waals surface area (Å²) in [5, 5.41) is 3.69. The summed E-state index contributed by atoms with van der Waals surface area (Å²) in [5.74, 6) is 0.0539. The summed E-state index contributed by atoms with van der Waals surface area (Å²) in [7, 11) is 0. The number of benzene rings is 2. The summed E-state index contributed by atoms with van der Waals surface area (Å²) < 4.78 is 5.65. The van der Waals surface area contributed by atoms with E-state index in [0.717, 1.165) is 6.42 Å². The molecule has 0 radical (unpaired) electrons. The van der Waals surface area contributed by atoms with Crippen molar-refractivity contribution in [2.24, 2.45) is 0 Å². The van der Waals surface area contributed by atoms with Crippen LogP contribution in [0.2, 0.25) is 10.0 Å². The molecule has 0 aliphatic rings. The highest BCUT2D eigenvalue weighted by Crippen LogP contribution is 2.23. The number of aryl methyl sites for hydroxylation is 1. The molecule has 2 amide bonds. The topological polar surface area (TPSA) is 58.6 Å². The van der Waals surface area contributed by atoms with Crippen LogP contribution in [0.1, 0.15) is 31.9 Å². The lowest BCUT2D eigenvalue weighted by molar-refractivity contribution is -0.142. The molecule has 2 rings (SSSR count). The van der Waals surface area contributed by atoms with Gasteiger partial charge in [0.25, 0.3) is 5.91 Å². The smallest absolute Gasteiger partial charge is 0.261 e. The third-order valence-electron chi connectivity index (χ3n) is 4.57. The quantitative estimate of drug-likeness (QED) is 0.629. The molecule has 0 saturated heterocycles. The predicted molar refractivity (Wildman–Crippen MR) is 116 cm³/mol. The number of carbonyl (C=O) groups is 2. The Balaban J connectivity index is 2.15. The molecule has 0 aliphatic heterocycles. The molecular formula is C22H26Cl2N2O3. The fourth-order valence-electron chi connectivity index (χ4n) is 2.79. The Kier molecular flexibility index (Phi) is 8.80. The number of ether oxygens (including phenoxy) is 1. The first-order valence-corrected chi connectivity index (χ1v) is 10.3. The number of nitrogens with zero attached hydrogens (tertiary/aromatic N) is 1. The number of halogens is 2. The van der Waals surface area contributed by atoms with Gasteiger partial charge in [0.15, 0.2) is 6.61 Å². The number of hydrogen-bond donors (Lipinski definition) is 1. The first kappa shape index (κ1) is 23.0. The van der Waals surface area contributed by atoms with Crippen molar-refractivity contribution in [2.45, 2.75) is 39.8 Å². The summed E-state index contributed by atoms with van der Waals surface area (Å²) in [6.45, 7) is 6.06. The van der Waals surface area contributed by atoms with Gasteiger partial charge in [-0.2, -0.15) is 0 Å². The largest absolute Gasteiger partial charge is 0.484 e. The van der Waals surface area contributed by atoms with E-state index < -0.39 is 6.04 Å². The van der Waals surface area contributed by atoms with Crippen LogP contribution in [0.15, 0.2) is 42.5 Å². The van der Waals surface area contributed by atoms with Crippen LogP contribution in [-0.2, 0) is 22.6 Å². The number of amides is 2. The molecule has 0 heterocycles. The normalized spacial score (nSPS) is 11.6. The van der Waals surface area contributed by atoms with Crippen LogP contribution in [-0.4, -0.2) is 35.9 Å². The molecule has 5 nitrogen and oxygen atoms in total. The van der Waals surface area contributed by atoms with E-state index >= 15 is 0 Å². The Morgan fingerprint density at radius 3 is 2.38 bits per heavy atom. The van der Waals surface area contributed by atoms with Crippen LogP contribution < -0.4 is 10.1 Å².